The van der Waals surface area contributed by atoms with Gasteiger partial charge >= 0.3 is 6.18 Å². The van der Waals surface area contributed by atoms with Gasteiger partial charge in [-0.25, -0.2) is 0 Å². The quantitative estimate of drug-likeness (QED) is 0.200. The Labute approximate surface area is 254 Å². The monoisotopic (exact) mass is 604 g/mol. The zero-order valence-electron chi connectivity index (χ0n) is 24.7. The summed E-state index contributed by atoms with van der Waals surface area (Å²) in [7, 11) is 0. The number of nitrogens with zero attached hydrogens (tertiary/aromatic N) is 2. The van der Waals surface area contributed by atoms with Crippen molar-refractivity contribution in [3.05, 3.63) is 95.4 Å². The molecule has 1 aliphatic heterocycles. The number of hydrogen-bond acceptors (Lipinski definition) is 5. The average molecular weight is 605 g/mol. The van der Waals surface area contributed by atoms with Gasteiger partial charge in [0.1, 0.15) is 0 Å². The fraction of sp³-hybridized carbons (Fsp3) is 0.324. The van der Waals surface area contributed by atoms with E-state index < -0.39 is 23.5 Å². The van der Waals surface area contributed by atoms with Crippen molar-refractivity contribution in [2.75, 3.05) is 28.6 Å². The van der Waals surface area contributed by atoms with E-state index in [-0.39, 0.29) is 17.8 Å². The molecule has 0 bridgehead atoms. The molecule has 7 nitrogen and oxygen atoms in total. The molecule has 44 heavy (non-hydrogen) atoms. The van der Waals surface area contributed by atoms with Gasteiger partial charge < -0.3 is 20.0 Å². The lowest BCUT2D eigenvalue weighted by atomic mass is 10.0. The molecule has 0 saturated carbocycles. The topological polar surface area (TPSA) is 87.5 Å². The molecule has 3 aromatic carbocycles. The van der Waals surface area contributed by atoms with E-state index in [0.717, 1.165) is 54.5 Å². The predicted molar refractivity (Wildman–Crippen MR) is 165 cm³/mol. The third-order valence-corrected chi connectivity index (χ3v) is 7.71. The number of unbranched alkanes of at least 4 members (excludes halogenated alkanes) is 1. The normalized spacial score (nSPS) is 15.2. The molecular weight excluding hydrogens is 569 g/mol. The first kappa shape index (κ1) is 30.8. The molecule has 5 rings (SSSR count). The minimum Gasteiger partial charge on any atom is -0.417 e. The zero-order valence-corrected chi connectivity index (χ0v) is 24.7. The van der Waals surface area contributed by atoms with Crippen LogP contribution in [0.3, 0.4) is 0 Å². The van der Waals surface area contributed by atoms with Gasteiger partial charge in [-0.15, -0.1) is 0 Å². The van der Waals surface area contributed by atoms with Gasteiger partial charge in [0.2, 0.25) is 5.76 Å². The van der Waals surface area contributed by atoms with Gasteiger partial charge in [0.05, 0.1) is 0 Å². The summed E-state index contributed by atoms with van der Waals surface area (Å²) in [5.74, 6) is -1.81. The molecule has 1 aromatic heterocycles. The van der Waals surface area contributed by atoms with E-state index in [1.807, 2.05) is 43.3 Å². The second-order valence-corrected chi connectivity index (χ2v) is 11.2. The third-order valence-electron chi connectivity index (χ3n) is 7.71. The lowest BCUT2D eigenvalue weighted by Gasteiger charge is -2.29. The molecule has 0 radical (unpaired) electrons. The van der Waals surface area contributed by atoms with E-state index in [4.69, 9.17) is 4.42 Å². The lowest BCUT2D eigenvalue weighted by molar-refractivity contribution is -0.141. The van der Waals surface area contributed by atoms with Crippen LogP contribution in [0.25, 0.3) is 11.1 Å². The molecule has 10 heteroatoms. The highest BCUT2D eigenvalue weighted by molar-refractivity contribution is 6.05. The van der Waals surface area contributed by atoms with E-state index in [1.54, 1.807) is 41.3 Å². The van der Waals surface area contributed by atoms with E-state index in [0.29, 0.717) is 24.3 Å². The number of carbonyl (C=O) groups is 2. The van der Waals surface area contributed by atoms with E-state index in [1.165, 1.54) is 0 Å². The van der Waals surface area contributed by atoms with Crippen LogP contribution in [-0.2, 0) is 12.6 Å². The maximum absolute atomic E-state index is 13.7. The van der Waals surface area contributed by atoms with Crippen molar-refractivity contribution in [3.8, 4) is 11.1 Å². The van der Waals surface area contributed by atoms with Gasteiger partial charge in [-0.3, -0.25) is 9.59 Å². The number of oxazole rings is 1. The van der Waals surface area contributed by atoms with E-state index in [9.17, 15) is 22.8 Å². The number of anilines is 3. The van der Waals surface area contributed by atoms with Gasteiger partial charge in [-0.2, -0.15) is 18.2 Å². The number of aryl methyl sites for hydroxylation is 1. The summed E-state index contributed by atoms with van der Waals surface area (Å²) in [5, 5.41) is 5.50. The zero-order chi connectivity index (χ0) is 31.3. The Balaban J connectivity index is 1.25. The average Bonchev–Trinajstić information content (AvgIpc) is 3.48. The fourth-order valence-corrected chi connectivity index (χ4v) is 5.32. The van der Waals surface area contributed by atoms with E-state index in [2.05, 4.69) is 22.5 Å². The molecule has 2 N–H and O–H groups in total. The highest BCUT2D eigenvalue weighted by atomic mass is 19.4. The Morgan fingerprint density at radius 1 is 0.955 bits per heavy atom. The number of para-hydroxylation sites is 1. The Kier molecular flexibility index (Phi) is 9.37. The Morgan fingerprint density at radius 3 is 2.30 bits per heavy atom. The number of nitrogens with one attached hydrogen (secondary N) is 2. The van der Waals surface area contributed by atoms with Gasteiger partial charge in [-0.05, 0) is 78.6 Å². The van der Waals surface area contributed by atoms with Crippen LogP contribution in [0.2, 0.25) is 0 Å². The molecule has 1 unspecified atom stereocenters. The molecule has 2 amide bonds. The van der Waals surface area contributed by atoms with Crippen molar-refractivity contribution in [2.45, 2.75) is 52.1 Å². The number of piperidine rings is 1. The number of halogens is 3. The minimum absolute atomic E-state index is 0.192. The standard InChI is InChI=1S/C34H35F3N4O3/c1-3-4-9-25-10-5-6-11-28(25)39-31(42)26-14-12-23(13-15-26)24-16-18-27(19-17-24)38-32(43)29-30(34(35,36)37)40-33(44-29)41-20-7-8-22(2)21-41/h5-6,10-19,22H,3-4,7-9,20-21H2,1-2H3,(H,38,43)(H,39,42). The summed E-state index contributed by atoms with van der Waals surface area (Å²) in [6.45, 7) is 5.17. The smallest absolute Gasteiger partial charge is 0.417 e. The summed E-state index contributed by atoms with van der Waals surface area (Å²) in [4.78, 5) is 31.1. The van der Waals surface area contributed by atoms with Crippen molar-refractivity contribution in [1.82, 2.24) is 4.98 Å². The molecule has 2 heterocycles. The minimum atomic E-state index is -4.85. The molecule has 1 atom stereocenters. The summed E-state index contributed by atoms with van der Waals surface area (Å²) in [6, 6.07) is 21.4. The van der Waals surface area contributed by atoms with Crippen molar-refractivity contribution in [2.24, 2.45) is 5.92 Å². The van der Waals surface area contributed by atoms with Crippen LogP contribution in [0.5, 0.6) is 0 Å². The number of alkyl halides is 3. The molecule has 0 aliphatic carbocycles. The lowest BCUT2D eigenvalue weighted by Crippen LogP contribution is -2.34. The summed E-state index contributed by atoms with van der Waals surface area (Å²) in [5.41, 5.74) is 3.00. The maximum atomic E-state index is 13.7. The first-order valence-corrected chi connectivity index (χ1v) is 14.9. The largest absolute Gasteiger partial charge is 0.437 e. The molecule has 4 aromatic rings. The van der Waals surface area contributed by atoms with Crippen molar-refractivity contribution >= 4 is 29.2 Å². The molecule has 1 fully saturated rings. The highest BCUT2D eigenvalue weighted by Gasteiger charge is 2.42. The highest BCUT2D eigenvalue weighted by Crippen LogP contribution is 2.35. The Morgan fingerprint density at radius 2 is 1.64 bits per heavy atom. The predicted octanol–water partition coefficient (Wildman–Crippen LogP) is 8.44. The van der Waals surface area contributed by atoms with Crippen LogP contribution in [0.1, 0.15) is 71.7 Å². The van der Waals surface area contributed by atoms with Crippen LogP contribution >= 0.6 is 0 Å². The fourth-order valence-electron chi connectivity index (χ4n) is 5.32. The number of carbonyl (C=O) groups excluding carboxylic acids is 2. The summed E-state index contributed by atoms with van der Waals surface area (Å²) >= 11 is 0. The maximum Gasteiger partial charge on any atom is 0.437 e. The van der Waals surface area contributed by atoms with Crippen LogP contribution in [-0.4, -0.2) is 29.9 Å². The molecule has 1 aliphatic rings. The van der Waals surface area contributed by atoms with Gasteiger partial charge in [0.25, 0.3) is 17.8 Å². The summed E-state index contributed by atoms with van der Waals surface area (Å²) < 4.78 is 46.6. The first-order valence-electron chi connectivity index (χ1n) is 14.9. The second-order valence-electron chi connectivity index (χ2n) is 11.2. The molecule has 1 saturated heterocycles. The SMILES string of the molecule is CCCCc1ccccc1NC(=O)c1ccc(-c2ccc(NC(=O)c3oc(N4CCCC(C)C4)nc3C(F)(F)F)cc2)cc1. The number of amides is 2. The van der Waals surface area contributed by atoms with E-state index >= 15 is 0 Å². The van der Waals surface area contributed by atoms with Gasteiger partial charge in [-0.1, -0.05) is 62.7 Å². The summed E-state index contributed by atoms with van der Waals surface area (Å²) in [6.07, 6.45) is -0.0679. The number of hydrogen-bond donors (Lipinski definition) is 2. The van der Waals surface area contributed by atoms with Crippen LogP contribution in [0.4, 0.5) is 30.6 Å². The van der Waals surface area contributed by atoms with Gasteiger partial charge in [0, 0.05) is 30.0 Å². The van der Waals surface area contributed by atoms with Crippen LogP contribution in [0.15, 0.2) is 77.2 Å². The number of benzene rings is 3. The molecular formula is C34H35F3N4O3. The van der Waals surface area contributed by atoms with Crippen molar-refractivity contribution < 1.29 is 27.2 Å². The molecule has 0 spiro atoms. The number of aromatic nitrogens is 1. The first-order chi connectivity index (χ1) is 21.1. The van der Waals surface area contributed by atoms with Crippen LogP contribution < -0.4 is 15.5 Å². The van der Waals surface area contributed by atoms with Crippen LogP contribution in [0, 0.1) is 5.92 Å². The Hall–Kier alpha value is -4.60. The number of rotatable bonds is 9. The molecule has 230 valence electrons. The third kappa shape index (κ3) is 7.30. The van der Waals surface area contributed by atoms with Crippen molar-refractivity contribution in [1.29, 1.82) is 0 Å². The Bertz CT molecular complexity index is 1600. The van der Waals surface area contributed by atoms with Crippen molar-refractivity contribution in [3.63, 3.8) is 0 Å². The van der Waals surface area contributed by atoms with Gasteiger partial charge in [0.15, 0.2) is 5.69 Å². The second kappa shape index (κ2) is 13.4.